The lowest BCUT2D eigenvalue weighted by molar-refractivity contribution is 0.485. The van der Waals surface area contributed by atoms with Crippen LogP contribution in [0.4, 0.5) is 4.39 Å². The molecule has 114 valence electrons. The fraction of sp³-hybridized carbons (Fsp3) is 0.500. The van der Waals surface area contributed by atoms with Gasteiger partial charge in [0.1, 0.15) is 4.90 Å². The van der Waals surface area contributed by atoms with E-state index in [1.165, 1.54) is 0 Å². The van der Waals surface area contributed by atoms with E-state index in [1.807, 2.05) is 13.8 Å². The van der Waals surface area contributed by atoms with Crippen LogP contribution in [0.1, 0.15) is 20.3 Å². The minimum Gasteiger partial charge on any atom is -0.327 e. The van der Waals surface area contributed by atoms with Gasteiger partial charge in [-0.3, -0.25) is 0 Å². The summed E-state index contributed by atoms with van der Waals surface area (Å²) in [6.45, 7) is 4.03. The first-order valence-corrected chi connectivity index (χ1v) is 8.27. The van der Waals surface area contributed by atoms with Crippen LogP contribution in [-0.2, 0) is 10.0 Å². The molecule has 1 atom stereocenters. The third-order valence-corrected chi connectivity index (χ3v) is 4.84. The molecular weight excluding hydrogens is 326 g/mol. The van der Waals surface area contributed by atoms with Gasteiger partial charge in [-0.05, 0) is 24.5 Å². The minimum atomic E-state index is -3.92. The molecule has 0 radical (unpaired) electrons. The molecule has 0 aliphatic heterocycles. The summed E-state index contributed by atoms with van der Waals surface area (Å²) in [5.41, 5.74) is 5.80. The first kappa shape index (κ1) is 17.7. The van der Waals surface area contributed by atoms with E-state index in [0.717, 1.165) is 12.1 Å². The maximum atomic E-state index is 13.5. The van der Waals surface area contributed by atoms with E-state index in [2.05, 4.69) is 4.72 Å². The summed E-state index contributed by atoms with van der Waals surface area (Å²) in [5.74, 6) is -0.603. The normalized spacial score (nSPS) is 13.8. The molecule has 0 heterocycles. The van der Waals surface area contributed by atoms with Crippen molar-refractivity contribution in [1.82, 2.24) is 4.72 Å². The summed E-state index contributed by atoms with van der Waals surface area (Å²) >= 11 is 11.2. The van der Waals surface area contributed by atoms with E-state index < -0.39 is 20.9 Å². The van der Waals surface area contributed by atoms with Gasteiger partial charge in [0.15, 0.2) is 5.82 Å². The van der Waals surface area contributed by atoms with Gasteiger partial charge < -0.3 is 5.73 Å². The number of benzene rings is 1. The van der Waals surface area contributed by atoms with Crippen LogP contribution in [0, 0.1) is 11.7 Å². The quantitative estimate of drug-likeness (QED) is 0.780. The van der Waals surface area contributed by atoms with Crippen LogP contribution in [0.3, 0.4) is 0 Å². The lowest BCUT2D eigenvalue weighted by Crippen LogP contribution is -2.38. The predicted molar refractivity (Wildman–Crippen MR) is 79.0 cm³/mol. The SMILES string of the molecule is CC(C)CC(N)CNS(=O)(=O)c1ccc(Cl)c(F)c1Cl. The number of hydrogen-bond acceptors (Lipinski definition) is 3. The molecule has 0 amide bonds. The van der Waals surface area contributed by atoms with Crippen molar-refractivity contribution in [1.29, 1.82) is 0 Å². The summed E-state index contributed by atoms with van der Waals surface area (Å²) in [4.78, 5) is -0.349. The van der Waals surface area contributed by atoms with Crippen molar-refractivity contribution in [3.8, 4) is 0 Å². The first-order valence-electron chi connectivity index (χ1n) is 6.04. The first-order chi connectivity index (χ1) is 9.15. The van der Waals surface area contributed by atoms with Crippen molar-refractivity contribution < 1.29 is 12.8 Å². The van der Waals surface area contributed by atoms with Crippen LogP contribution in [0.2, 0.25) is 10.0 Å². The lowest BCUT2D eigenvalue weighted by atomic mass is 10.1. The largest absolute Gasteiger partial charge is 0.327 e. The average molecular weight is 343 g/mol. The zero-order valence-corrected chi connectivity index (χ0v) is 13.5. The highest BCUT2D eigenvalue weighted by atomic mass is 35.5. The van der Waals surface area contributed by atoms with Gasteiger partial charge in [-0.2, -0.15) is 0 Å². The van der Waals surface area contributed by atoms with Crippen molar-refractivity contribution in [3.63, 3.8) is 0 Å². The van der Waals surface area contributed by atoms with Gasteiger partial charge in [0.2, 0.25) is 10.0 Å². The molecule has 3 N–H and O–H groups in total. The smallest absolute Gasteiger partial charge is 0.242 e. The lowest BCUT2D eigenvalue weighted by Gasteiger charge is -2.15. The van der Waals surface area contributed by atoms with E-state index in [0.29, 0.717) is 12.3 Å². The number of halogens is 3. The molecule has 20 heavy (non-hydrogen) atoms. The molecule has 1 unspecified atom stereocenters. The van der Waals surface area contributed by atoms with Gasteiger partial charge in [0, 0.05) is 12.6 Å². The Morgan fingerprint density at radius 3 is 2.50 bits per heavy atom. The molecule has 0 bridgehead atoms. The minimum absolute atomic E-state index is 0.0566. The van der Waals surface area contributed by atoms with Crippen molar-refractivity contribution in [2.45, 2.75) is 31.2 Å². The van der Waals surface area contributed by atoms with Crippen LogP contribution in [0.25, 0.3) is 0 Å². The van der Waals surface area contributed by atoms with E-state index in [9.17, 15) is 12.8 Å². The Morgan fingerprint density at radius 2 is 1.95 bits per heavy atom. The summed E-state index contributed by atoms with van der Waals surface area (Å²) in [5, 5.41) is -0.757. The molecule has 0 aliphatic carbocycles. The van der Waals surface area contributed by atoms with Gasteiger partial charge in [0.05, 0.1) is 10.0 Å². The van der Waals surface area contributed by atoms with Crippen molar-refractivity contribution >= 4 is 33.2 Å². The van der Waals surface area contributed by atoms with Crippen LogP contribution in [0.5, 0.6) is 0 Å². The summed E-state index contributed by atoms with van der Waals surface area (Å²) in [6, 6.07) is 1.98. The molecule has 0 spiro atoms. The summed E-state index contributed by atoms with van der Waals surface area (Å²) < 4.78 is 39.9. The zero-order chi connectivity index (χ0) is 15.5. The van der Waals surface area contributed by atoms with Crippen molar-refractivity contribution in [3.05, 3.63) is 28.0 Å². The maximum Gasteiger partial charge on any atom is 0.242 e. The molecule has 0 saturated carbocycles. The Balaban J connectivity index is 2.87. The van der Waals surface area contributed by atoms with Gasteiger partial charge in [-0.25, -0.2) is 17.5 Å². The highest BCUT2D eigenvalue weighted by molar-refractivity contribution is 7.89. The number of nitrogens with two attached hydrogens (primary N) is 1. The van der Waals surface area contributed by atoms with Gasteiger partial charge >= 0.3 is 0 Å². The Hall–Kier alpha value is -0.400. The molecule has 0 fully saturated rings. The van der Waals surface area contributed by atoms with Gasteiger partial charge in [-0.15, -0.1) is 0 Å². The number of hydrogen-bond donors (Lipinski definition) is 2. The van der Waals surface area contributed by atoms with Gasteiger partial charge in [-0.1, -0.05) is 37.0 Å². The molecule has 1 aromatic carbocycles. The maximum absolute atomic E-state index is 13.5. The van der Waals surface area contributed by atoms with E-state index >= 15 is 0 Å². The highest BCUT2D eigenvalue weighted by Crippen LogP contribution is 2.29. The molecule has 0 aromatic heterocycles. The second kappa shape index (κ2) is 7.04. The van der Waals surface area contributed by atoms with Crippen molar-refractivity contribution in [2.75, 3.05) is 6.54 Å². The molecule has 1 aromatic rings. The van der Waals surface area contributed by atoms with Crippen LogP contribution < -0.4 is 10.5 Å². The Morgan fingerprint density at radius 1 is 1.35 bits per heavy atom. The molecule has 4 nitrogen and oxygen atoms in total. The standard InChI is InChI=1S/C12H17Cl2FN2O2S/c1-7(2)5-8(16)6-17-20(18,19)10-4-3-9(13)12(15)11(10)14/h3-4,7-8,17H,5-6,16H2,1-2H3. The second-order valence-electron chi connectivity index (χ2n) is 4.92. The van der Waals surface area contributed by atoms with E-state index in [1.54, 1.807) is 0 Å². The van der Waals surface area contributed by atoms with Crippen molar-refractivity contribution in [2.24, 2.45) is 11.7 Å². The van der Waals surface area contributed by atoms with E-state index in [4.69, 9.17) is 28.9 Å². The second-order valence-corrected chi connectivity index (χ2v) is 7.44. The third kappa shape index (κ3) is 4.56. The average Bonchev–Trinajstić information content (AvgIpc) is 2.32. The number of nitrogens with one attached hydrogen (secondary N) is 1. The van der Waals surface area contributed by atoms with E-state index in [-0.39, 0.29) is 22.5 Å². The molecule has 8 heteroatoms. The Kier molecular flexibility index (Phi) is 6.22. The zero-order valence-electron chi connectivity index (χ0n) is 11.2. The molecule has 1 rings (SSSR count). The number of sulfonamides is 1. The van der Waals surface area contributed by atoms with Crippen LogP contribution >= 0.6 is 23.2 Å². The number of rotatable bonds is 6. The third-order valence-electron chi connectivity index (χ3n) is 2.60. The van der Waals surface area contributed by atoms with Crippen LogP contribution in [0.15, 0.2) is 17.0 Å². The summed E-state index contributed by atoms with van der Waals surface area (Å²) in [6.07, 6.45) is 0.672. The topological polar surface area (TPSA) is 72.2 Å². The Bertz CT molecular complexity index is 579. The summed E-state index contributed by atoms with van der Waals surface area (Å²) in [7, 11) is -3.92. The highest BCUT2D eigenvalue weighted by Gasteiger charge is 2.22. The molecule has 0 saturated heterocycles. The fourth-order valence-electron chi connectivity index (χ4n) is 1.70. The molecule has 0 aliphatic rings. The monoisotopic (exact) mass is 342 g/mol. The van der Waals surface area contributed by atoms with Crippen LogP contribution in [-0.4, -0.2) is 21.0 Å². The molecular formula is C12H17Cl2FN2O2S. The predicted octanol–water partition coefficient (Wildman–Crippen LogP) is 2.78. The van der Waals surface area contributed by atoms with Gasteiger partial charge in [0.25, 0.3) is 0 Å². The Labute approximate surface area is 128 Å². The fourth-order valence-corrected chi connectivity index (χ4v) is 3.54.